The van der Waals surface area contributed by atoms with Gasteiger partial charge in [-0.2, -0.15) is 0 Å². The Morgan fingerprint density at radius 2 is 2.36 bits per heavy atom. The van der Waals surface area contributed by atoms with Crippen LogP contribution in [0.1, 0.15) is 17.9 Å². The van der Waals surface area contributed by atoms with Gasteiger partial charge in [0.15, 0.2) is 0 Å². The first kappa shape index (κ1) is 10.5. The van der Waals surface area contributed by atoms with Gasteiger partial charge < -0.3 is 5.32 Å². The van der Waals surface area contributed by atoms with E-state index in [0.29, 0.717) is 5.25 Å². The third kappa shape index (κ3) is 2.12. The summed E-state index contributed by atoms with van der Waals surface area (Å²) in [6.45, 7) is 3.16. The molecular weight excluding hydrogens is 265 g/mol. The van der Waals surface area contributed by atoms with Crippen LogP contribution in [0.4, 0.5) is 4.39 Å². The predicted octanol–water partition coefficient (Wildman–Crippen LogP) is 3.31. The van der Waals surface area contributed by atoms with E-state index >= 15 is 0 Å². The molecule has 1 fully saturated rings. The van der Waals surface area contributed by atoms with E-state index in [0.717, 1.165) is 16.6 Å². The van der Waals surface area contributed by atoms with E-state index in [9.17, 15) is 4.39 Å². The second-order valence-corrected chi connectivity index (χ2v) is 5.80. The lowest BCUT2D eigenvalue weighted by atomic mass is 10.2. The lowest BCUT2D eigenvalue weighted by molar-refractivity contribution is 0.621. The molecule has 1 heterocycles. The lowest BCUT2D eigenvalue weighted by Gasteiger charge is -2.12. The number of hydrogen-bond acceptors (Lipinski definition) is 2. The highest BCUT2D eigenvalue weighted by Gasteiger charge is 2.24. The van der Waals surface area contributed by atoms with Crippen LogP contribution < -0.4 is 5.32 Å². The van der Waals surface area contributed by atoms with Crippen LogP contribution in [0, 0.1) is 5.82 Å². The van der Waals surface area contributed by atoms with Crippen molar-refractivity contribution in [1.29, 1.82) is 0 Å². The van der Waals surface area contributed by atoms with E-state index in [-0.39, 0.29) is 11.2 Å². The van der Waals surface area contributed by atoms with Crippen molar-refractivity contribution in [1.82, 2.24) is 5.32 Å². The monoisotopic (exact) mass is 275 g/mol. The van der Waals surface area contributed by atoms with Crippen LogP contribution in [-0.4, -0.2) is 11.8 Å². The summed E-state index contributed by atoms with van der Waals surface area (Å²) in [5.41, 5.74) is 0.999. The summed E-state index contributed by atoms with van der Waals surface area (Å²) in [4.78, 5) is 0. The lowest BCUT2D eigenvalue weighted by Crippen LogP contribution is -2.14. The molecule has 14 heavy (non-hydrogen) atoms. The third-order valence-electron chi connectivity index (χ3n) is 2.20. The quantitative estimate of drug-likeness (QED) is 0.844. The Kier molecular flexibility index (Phi) is 3.14. The normalized spacial score (nSPS) is 26.8. The van der Waals surface area contributed by atoms with Crippen LogP contribution in [0.3, 0.4) is 0 Å². The van der Waals surface area contributed by atoms with Gasteiger partial charge in [-0.1, -0.05) is 22.9 Å². The van der Waals surface area contributed by atoms with E-state index in [4.69, 9.17) is 0 Å². The van der Waals surface area contributed by atoms with Crippen LogP contribution in [0.25, 0.3) is 0 Å². The van der Waals surface area contributed by atoms with Crippen molar-refractivity contribution in [3.8, 4) is 0 Å². The molecule has 2 atom stereocenters. The van der Waals surface area contributed by atoms with Gasteiger partial charge in [0.25, 0.3) is 0 Å². The molecule has 1 aromatic rings. The Morgan fingerprint density at radius 1 is 1.57 bits per heavy atom. The molecule has 1 aliphatic rings. The van der Waals surface area contributed by atoms with Crippen molar-refractivity contribution in [2.45, 2.75) is 17.5 Å². The molecular formula is C10H11BrFNS. The summed E-state index contributed by atoms with van der Waals surface area (Å²) < 4.78 is 14.0. The molecule has 2 unspecified atom stereocenters. The molecule has 1 aliphatic heterocycles. The summed E-state index contributed by atoms with van der Waals surface area (Å²) in [6.07, 6.45) is 0. The van der Waals surface area contributed by atoms with Crippen LogP contribution in [-0.2, 0) is 0 Å². The van der Waals surface area contributed by atoms with E-state index in [1.165, 1.54) is 6.07 Å². The zero-order valence-electron chi connectivity index (χ0n) is 7.76. The minimum Gasteiger partial charge on any atom is -0.300 e. The number of thioether (sulfide) groups is 1. The molecule has 4 heteroatoms. The van der Waals surface area contributed by atoms with Crippen molar-refractivity contribution in [2.75, 3.05) is 6.54 Å². The Labute approximate surface area is 95.6 Å². The Hall–Kier alpha value is -0.0600. The fourth-order valence-electron chi connectivity index (χ4n) is 1.50. The predicted molar refractivity (Wildman–Crippen MR) is 61.9 cm³/mol. The third-order valence-corrected chi connectivity index (χ3v) is 4.25. The van der Waals surface area contributed by atoms with Crippen LogP contribution in [0.15, 0.2) is 22.7 Å². The summed E-state index contributed by atoms with van der Waals surface area (Å²) in [6, 6.07) is 4.82. The van der Waals surface area contributed by atoms with Gasteiger partial charge in [0, 0.05) is 16.3 Å². The molecule has 76 valence electrons. The first-order valence-corrected chi connectivity index (χ1v) is 6.24. The van der Waals surface area contributed by atoms with Crippen molar-refractivity contribution in [2.24, 2.45) is 0 Å². The minimum absolute atomic E-state index is 0.176. The van der Waals surface area contributed by atoms with Crippen molar-refractivity contribution < 1.29 is 4.39 Å². The average Bonchev–Trinajstić information content (AvgIpc) is 2.56. The molecule has 0 bridgehead atoms. The maximum Gasteiger partial charge on any atom is 0.123 e. The topological polar surface area (TPSA) is 12.0 Å². The van der Waals surface area contributed by atoms with Gasteiger partial charge in [0.1, 0.15) is 5.82 Å². The highest BCUT2D eigenvalue weighted by atomic mass is 79.9. The molecule has 0 amide bonds. The average molecular weight is 276 g/mol. The smallest absolute Gasteiger partial charge is 0.123 e. The fourth-order valence-corrected chi connectivity index (χ4v) is 3.32. The first-order chi connectivity index (χ1) is 6.66. The highest BCUT2D eigenvalue weighted by molar-refractivity contribution is 9.10. The zero-order valence-corrected chi connectivity index (χ0v) is 10.2. The number of nitrogens with one attached hydrogen (secondary N) is 1. The number of benzene rings is 1. The zero-order chi connectivity index (χ0) is 10.1. The molecule has 1 nitrogen and oxygen atoms in total. The van der Waals surface area contributed by atoms with Gasteiger partial charge in [-0.25, -0.2) is 4.39 Å². The maximum atomic E-state index is 13.0. The van der Waals surface area contributed by atoms with Crippen LogP contribution in [0.5, 0.6) is 0 Å². The minimum atomic E-state index is -0.176. The summed E-state index contributed by atoms with van der Waals surface area (Å²) >= 11 is 5.27. The largest absolute Gasteiger partial charge is 0.300 e. The summed E-state index contributed by atoms with van der Waals surface area (Å²) in [7, 11) is 0. The number of rotatable bonds is 1. The molecule has 1 aromatic carbocycles. The number of hydrogen-bond donors (Lipinski definition) is 1. The number of halogens is 2. The van der Waals surface area contributed by atoms with E-state index < -0.39 is 0 Å². The SMILES string of the molecule is CC1CNC(c2cc(F)ccc2Br)S1. The molecule has 1 N–H and O–H groups in total. The fraction of sp³-hybridized carbons (Fsp3) is 0.400. The Balaban J connectivity index is 2.27. The molecule has 0 aromatic heterocycles. The van der Waals surface area contributed by atoms with E-state index in [1.54, 1.807) is 12.1 Å². The van der Waals surface area contributed by atoms with Crippen molar-refractivity contribution >= 4 is 27.7 Å². The van der Waals surface area contributed by atoms with Gasteiger partial charge in [-0.3, -0.25) is 0 Å². The van der Waals surface area contributed by atoms with Gasteiger partial charge >= 0.3 is 0 Å². The van der Waals surface area contributed by atoms with Crippen molar-refractivity contribution in [3.05, 3.63) is 34.1 Å². The molecule has 0 saturated carbocycles. The molecule has 0 aliphatic carbocycles. The van der Waals surface area contributed by atoms with Gasteiger partial charge in [0.05, 0.1) is 5.37 Å². The van der Waals surface area contributed by atoms with Crippen LogP contribution in [0.2, 0.25) is 0 Å². The van der Waals surface area contributed by atoms with Gasteiger partial charge in [-0.15, -0.1) is 11.8 Å². The molecule has 2 rings (SSSR count). The highest BCUT2D eigenvalue weighted by Crippen LogP contribution is 2.38. The maximum absolute atomic E-state index is 13.0. The molecule has 1 saturated heterocycles. The second-order valence-electron chi connectivity index (χ2n) is 3.40. The summed E-state index contributed by atoms with van der Waals surface area (Å²) in [5.74, 6) is -0.176. The van der Waals surface area contributed by atoms with Crippen molar-refractivity contribution in [3.63, 3.8) is 0 Å². The molecule has 0 spiro atoms. The standard InChI is InChI=1S/C10H11BrFNS/c1-6-5-13-10(14-6)8-4-7(12)2-3-9(8)11/h2-4,6,10,13H,5H2,1H3. The van der Waals surface area contributed by atoms with Gasteiger partial charge in [0.2, 0.25) is 0 Å². The first-order valence-electron chi connectivity index (χ1n) is 4.50. The Bertz CT molecular complexity index is 345. The van der Waals surface area contributed by atoms with E-state index in [2.05, 4.69) is 28.2 Å². The van der Waals surface area contributed by atoms with E-state index in [1.807, 2.05) is 11.8 Å². The Morgan fingerprint density at radius 3 is 3.00 bits per heavy atom. The molecule has 0 radical (unpaired) electrons. The van der Waals surface area contributed by atoms with Gasteiger partial charge in [-0.05, 0) is 23.8 Å². The van der Waals surface area contributed by atoms with Crippen LogP contribution >= 0.6 is 27.7 Å². The summed E-state index contributed by atoms with van der Waals surface area (Å²) in [5, 5.41) is 4.17. The second kappa shape index (κ2) is 4.21.